The predicted octanol–water partition coefficient (Wildman–Crippen LogP) is 6.49. The Kier molecular flexibility index (Phi) is 18.4. The third-order valence-corrected chi connectivity index (χ3v) is 17.8. The summed E-state index contributed by atoms with van der Waals surface area (Å²) in [5.74, 6) is -0.449. The number of esters is 1. The number of fused-ring (bicyclic) bond motifs is 4. The molecular weight excluding hydrogens is 963 g/mol. The van der Waals surface area contributed by atoms with Crippen molar-refractivity contribution >= 4 is 61.2 Å². The highest BCUT2D eigenvalue weighted by Gasteiger charge is 2.46. The van der Waals surface area contributed by atoms with Crippen molar-refractivity contribution < 1.29 is 40.3 Å². The first-order valence-electron chi connectivity index (χ1n) is 24.3. The summed E-state index contributed by atoms with van der Waals surface area (Å²) in [6.45, 7) is 8.12. The lowest BCUT2D eigenvalue weighted by molar-refractivity contribution is -0.145. The second-order valence-corrected chi connectivity index (χ2v) is 23.0. The summed E-state index contributed by atoms with van der Waals surface area (Å²) in [7, 11) is -2.89. The van der Waals surface area contributed by atoms with Crippen LogP contribution in [-0.4, -0.2) is 139 Å². The largest absolute Gasteiger partial charge is 0.459 e. The Labute approximate surface area is 416 Å². The Hall–Kier alpha value is -5.11. The minimum atomic E-state index is -3.30. The number of ether oxygens (including phenoxy) is 1. The molecule has 0 radical (unpaired) electrons. The number of carbonyl (C=O) groups is 1. The summed E-state index contributed by atoms with van der Waals surface area (Å²) in [5, 5.41) is 29.1. The van der Waals surface area contributed by atoms with E-state index in [1.54, 1.807) is 34.6 Å². The molecule has 71 heavy (non-hydrogen) atoms. The van der Waals surface area contributed by atoms with E-state index >= 15 is 4.39 Å². The van der Waals surface area contributed by atoms with Gasteiger partial charge >= 0.3 is 5.97 Å². The highest BCUT2D eigenvalue weighted by atomic mass is 32.2. The monoisotopic (exact) mass is 1030 g/mol. The van der Waals surface area contributed by atoms with Crippen molar-refractivity contribution in [2.45, 2.75) is 175 Å². The molecular formula is C46H72F2N14O7S2. The van der Waals surface area contributed by atoms with Gasteiger partial charge < -0.3 is 30.3 Å². The van der Waals surface area contributed by atoms with Crippen molar-refractivity contribution in [3.63, 3.8) is 0 Å². The van der Waals surface area contributed by atoms with Gasteiger partial charge in [0.05, 0.1) is 18.1 Å². The van der Waals surface area contributed by atoms with Gasteiger partial charge in [-0.25, -0.2) is 35.6 Å². The molecule has 0 amide bonds. The number of nitrogens with zero attached hydrogens (tertiary/aromatic N) is 10. The zero-order valence-electron chi connectivity index (χ0n) is 41.1. The Bertz CT molecular complexity index is 2650. The fourth-order valence-electron chi connectivity index (χ4n) is 10.2. The quantitative estimate of drug-likeness (QED) is 0.0667. The van der Waals surface area contributed by atoms with Crippen molar-refractivity contribution in [1.29, 1.82) is 0 Å². The number of carbonyl (C=O) groups excluding carboxylic acids is 1. The van der Waals surface area contributed by atoms with Crippen LogP contribution in [0.1, 0.15) is 134 Å². The number of aryl methyl sites for hydroxylation is 2. The molecule has 8 rings (SSSR count). The number of hydrogen-bond acceptors (Lipinski definition) is 17. The maximum absolute atomic E-state index is 15.5. The summed E-state index contributed by atoms with van der Waals surface area (Å²) in [4.78, 5) is 33.4. The minimum Gasteiger partial charge on any atom is -0.459 e. The van der Waals surface area contributed by atoms with E-state index in [0.29, 0.717) is 43.7 Å². The van der Waals surface area contributed by atoms with Crippen LogP contribution in [0.25, 0.3) is 0 Å². The molecule has 4 fully saturated rings. The van der Waals surface area contributed by atoms with E-state index < -0.39 is 44.3 Å². The molecule has 4 aliphatic rings. The van der Waals surface area contributed by atoms with Gasteiger partial charge in [0.1, 0.15) is 18.0 Å². The van der Waals surface area contributed by atoms with Gasteiger partial charge in [-0.3, -0.25) is 15.0 Å². The SMILES string of the molecule is C.CCCCC(=O)OCc1nc(N(C)C2C[C@H]3CCC[C@@H](C2)N3S(=O)(=O)CC)nc(Nc2cc(C)[nH]n2)c1F.CCS(=O)(=O)N1[C@@H]2CCC[C@H]1CC(N(C)c1nc(CO)c(F)c(Nc3cc(C)[nH]n3)n1)C2. The van der Waals surface area contributed by atoms with Gasteiger partial charge in [-0.05, 0) is 85.5 Å². The van der Waals surface area contributed by atoms with E-state index in [0.717, 1.165) is 56.3 Å². The van der Waals surface area contributed by atoms with Crippen LogP contribution in [0.2, 0.25) is 0 Å². The van der Waals surface area contributed by atoms with E-state index in [9.17, 15) is 31.1 Å². The number of piperidine rings is 4. The molecule has 0 saturated carbocycles. The Balaban J connectivity index is 0.000000232. The Morgan fingerprint density at radius 2 is 1.14 bits per heavy atom. The molecule has 0 aromatic carbocycles. The molecule has 25 heteroatoms. The van der Waals surface area contributed by atoms with Crippen LogP contribution in [0.5, 0.6) is 0 Å². The first kappa shape index (κ1) is 55.2. The summed E-state index contributed by atoms with van der Waals surface area (Å²) >= 11 is 0. The van der Waals surface area contributed by atoms with E-state index in [-0.39, 0.29) is 103 Å². The van der Waals surface area contributed by atoms with Crippen molar-refractivity contribution in [3.05, 3.63) is 46.5 Å². The molecule has 2 unspecified atom stereocenters. The zero-order valence-corrected chi connectivity index (χ0v) is 42.7. The second kappa shape index (κ2) is 23.6. The van der Waals surface area contributed by atoms with Gasteiger partial charge in [-0.2, -0.15) is 28.8 Å². The average molecular weight is 1040 g/mol. The number of rotatable bonds is 18. The van der Waals surface area contributed by atoms with Gasteiger partial charge in [0.25, 0.3) is 0 Å². The molecule has 0 aliphatic carbocycles. The average Bonchev–Trinajstić information content (AvgIpc) is 3.96. The highest BCUT2D eigenvalue weighted by molar-refractivity contribution is 7.89. The number of hydrogen-bond donors (Lipinski definition) is 5. The first-order chi connectivity index (χ1) is 33.4. The number of aliphatic hydroxyl groups is 1. The Morgan fingerprint density at radius 1 is 0.732 bits per heavy atom. The second-order valence-electron chi connectivity index (χ2n) is 18.7. The first-order valence-corrected chi connectivity index (χ1v) is 27.5. The van der Waals surface area contributed by atoms with E-state index in [2.05, 4.69) is 51.0 Å². The number of anilines is 6. The van der Waals surface area contributed by atoms with Crippen molar-refractivity contribution in [3.8, 4) is 0 Å². The molecule has 4 aromatic rings. The standard InChI is InChI=1S/C25H38FN7O4S.C20H30FN7O3S.CH4/c1-5-7-11-22(34)37-15-20-23(26)24(28-21-12-16(3)30-31-21)29-25(27-20)32(4)19-13-17-9-8-10-18(14-19)33(17)38(35,36)6-2;1-4-32(30,31)28-13-6-5-7-14(28)10-15(9-13)27(3)20-22-16(11-29)18(21)19(24-20)23-17-8-12(2)25-26-17;/h12,17-19H,5-11,13-15H2,1-4H3,(H2,27,28,29,30,31);8,13-15,29H,4-7,9-11H2,1-3H3,(H2,22,23,24,25,26);1H4/t17-,18+,19?;13-,14+,15?;. The smallest absolute Gasteiger partial charge is 0.306 e. The van der Waals surface area contributed by atoms with Crippen LogP contribution in [-0.2, 0) is 42.8 Å². The number of sulfonamides is 2. The molecule has 6 atom stereocenters. The highest BCUT2D eigenvalue weighted by Crippen LogP contribution is 2.40. The van der Waals surface area contributed by atoms with Crippen LogP contribution in [0.3, 0.4) is 0 Å². The summed E-state index contributed by atoms with van der Waals surface area (Å²) in [6.07, 6.45) is 9.69. The van der Waals surface area contributed by atoms with Gasteiger partial charge in [0, 0.05) is 80.3 Å². The molecule has 4 aliphatic heterocycles. The molecule has 5 N–H and O–H groups in total. The van der Waals surface area contributed by atoms with Crippen LogP contribution in [0.4, 0.5) is 43.9 Å². The van der Waals surface area contributed by atoms with Crippen LogP contribution < -0.4 is 20.4 Å². The van der Waals surface area contributed by atoms with E-state index in [1.165, 1.54) is 0 Å². The summed E-state index contributed by atoms with van der Waals surface area (Å²) in [5.41, 5.74) is 1.46. The van der Waals surface area contributed by atoms with Crippen molar-refractivity contribution in [1.82, 2.24) is 48.9 Å². The molecule has 4 saturated heterocycles. The molecule has 21 nitrogen and oxygen atoms in total. The number of aliphatic hydroxyl groups excluding tert-OH is 1. The third kappa shape index (κ3) is 12.7. The predicted molar refractivity (Wildman–Crippen MR) is 267 cm³/mol. The summed E-state index contributed by atoms with van der Waals surface area (Å²) in [6, 6.07) is 3.15. The normalized spacial score (nSPS) is 22.4. The number of aromatic nitrogens is 8. The fraction of sp³-hybridized carbons (Fsp3) is 0.674. The molecule has 394 valence electrons. The maximum atomic E-state index is 15.5. The lowest BCUT2D eigenvalue weighted by Crippen LogP contribution is -2.58. The van der Waals surface area contributed by atoms with Gasteiger partial charge in [0.15, 0.2) is 34.9 Å². The van der Waals surface area contributed by atoms with Gasteiger partial charge in [-0.15, -0.1) is 0 Å². The maximum Gasteiger partial charge on any atom is 0.306 e. The molecule has 8 heterocycles. The van der Waals surface area contributed by atoms with Crippen molar-refractivity contribution in [2.24, 2.45) is 0 Å². The van der Waals surface area contributed by atoms with Crippen LogP contribution in [0, 0.1) is 25.5 Å². The fourth-order valence-corrected chi connectivity index (χ4v) is 13.4. The molecule has 4 bridgehead atoms. The van der Waals surface area contributed by atoms with E-state index in [4.69, 9.17) is 4.74 Å². The third-order valence-electron chi connectivity index (χ3n) is 13.8. The number of H-pyrrole nitrogens is 2. The number of aromatic amines is 2. The minimum absolute atomic E-state index is 0. The lowest BCUT2D eigenvalue weighted by Gasteiger charge is -2.49. The zero-order chi connectivity index (χ0) is 50.5. The number of halogens is 2. The lowest BCUT2D eigenvalue weighted by atomic mass is 9.83. The van der Waals surface area contributed by atoms with Crippen LogP contribution in [0.15, 0.2) is 12.1 Å². The topological polar surface area (TPSA) is 261 Å². The van der Waals surface area contributed by atoms with Crippen LogP contribution >= 0.6 is 0 Å². The van der Waals surface area contributed by atoms with Gasteiger partial charge in [-0.1, -0.05) is 33.6 Å². The van der Waals surface area contributed by atoms with Crippen molar-refractivity contribution in [2.75, 3.05) is 46.0 Å². The van der Waals surface area contributed by atoms with E-state index in [1.807, 2.05) is 44.7 Å². The van der Waals surface area contributed by atoms with Gasteiger partial charge in [0.2, 0.25) is 31.9 Å². The number of unbranched alkanes of at least 4 members (excludes halogenated alkanes) is 1. The molecule has 4 aromatic heterocycles. The number of nitrogens with one attached hydrogen (secondary N) is 4. The summed E-state index contributed by atoms with van der Waals surface area (Å²) < 4.78 is 89.9. The Morgan fingerprint density at radius 3 is 1.51 bits per heavy atom. The molecule has 0 spiro atoms.